The highest BCUT2D eigenvalue weighted by Gasteiger charge is 2.04. The Bertz CT molecular complexity index is 593. The van der Waals surface area contributed by atoms with Crippen molar-refractivity contribution in [1.29, 1.82) is 0 Å². The van der Waals surface area contributed by atoms with E-state index < -0.39 is 11.9 Å². The normalized spacial score (nSPS) is 9.50. The molecular formula is C15H14BrNO4S. The second-order valence-corrected chi connectivity index (χ2v) is 6.10. The van der Waals surface area contributed by atoms with Crippen molar-refractivity contribution < 1.29 is 19.8 Å². The minimum absolute atomic E-state index is 1.09. The number of carbonyl (C=O) groups is 2. The number of hydrogen-bond donors (Lipinski definition) is 2. The lowest BCUT2D eigenvalue weighted by Gasteiger charge is -2.02. The Balaban J connectivity index is 0.000000346. The summed E-state index contributed by atoms with van der Waals surface area (Å²) in [6, 6.07) is 12.6. The minimum atomic E-state index is -1.82. The Kier molecular flexibility index (Phi) is 8.24. The summed E-state index contributed by atoms with van der Waals surface area (Å²) in [7, 11) is 0. The number of nitrogens with zero attached hydrogens (tertiary/aromatic N) is 1. The molecule has 0 saturated carbocycles. The lowest BCUT2D eigenvalue weighted by Crippen LogP contribution is -2.09. The van der Waals surface area contributed by atoms with Crippen molar-refractivity contribution in [3.63, 3.8) is 0 Å². The highest BCUT2D eigenvalue weighted by molar-refractivity contribution is 9.10. The van der Waals surface area contributed by atoms with Gasteiger partial charge in [-0.15, -0.1) is 11.8 Å². The van der Waals surface area contributed by atoms with Crippen LogP contribution in [0.3, 0.4) is 0 Å². The van der Waals surface area contributed by atoms with Crippen LogP contribution in [0.4, 0.5) is 0 Å². The SMILES string of the molecule is Brc1ccc(SCCc2ccncc2)cc1.O=C(O)C(=O)O. The standard InChI is InChI=1S/C13H12BrNS.C2H2O4/c14-12-1-3-13(4-2-12)16-10-7-11-5-8-15-9-6-11;3-1(4)2(5)6/h1-6,8-9H,7,10H2;(H,3,4)(H,5,6). The minimum Gasteiger partial charge on any atom is -0.473 e. The fraction of sp³-hybridized carbons (Fsp3) is 0.133. The van der Waals surface area contributed by atoms with Gasteiger partial charge in [0.25, 0.3) is 0 Å². The highest BCUT2D eigenvalue weighted by Crippen LogP contribution is 2.21. The van der Waals surface area contributed by atoms with Crippen LogP contribution >= 0.6 is 27.7 Å². The van der Waals surface area contributed by atoms with Gasteiger partial charge in [-0.05, 0) is 48.4 Å². The quantitative estimate of drug-likeness (QED) is 0.621. The number of aliphatic carboxylic acids is 2. The molecule has 1 aromatic carbocycles. The molecule has 116 valence electrons. The molecule has 22 heavy (non-hydrogen) atoms. The molecule has 5 nitrogen and oxygen atoms in total. The van der Waals surface area contributed by atoms with Crippen LogP contribution in [0.5, 0.6) is 0 Å². The van der Waals surface area contributed by atoms with E-state index in [-0.39, 0.29) is 0 Å². The first-order chi connectivity index (χ1) is 10.5. The number of rotatable bonds is 4. The molecule has 0 fully saturated rings. The summed E-state index contributed by atoms with van der Waals surface area (Å²) in [5, 5.41) is 14.8. The van der Waals surface area contributed by atoms with Gasteiger partial charge in [-0.3, -0.25) is 4.98 Å². The van der Waals surface area contributed by atoms with E-state index in [0.29, 0.717) is 0 Å². The molecule has 0 saturated heterocycles. The maximum Gasteiger partial charge on any atom is 0.414 e. The van der Waals surface area contributed by atoms with Crippen LogP contribution in [0.25, 0.3) is 0 Å². The molecule has 2 N–H and O–H groups in total. The molecule has 1 heterocycles. The van der Waals surface area contributed by atoms with Gasteiger partial charge < -0.3 is 10.2 Å². The molecule has 0 aliphatic rings. The Morgan fingerprint density at radius 3 is 2.05 bits per heavy atom. The molecule has 2 aromatic rings. The molecule has 0 spiro atoms. The Morgan fingerprint density at radius 2 is 1.55 bits per heavy atom. The number of carboxylic acid groups (broad SMARTS) is 2. The van der Waals surface area contributed by atoms with Crippen LogP contribution < -0.4 is 0 Å². The van der Waals surface area contributed by atoms with Crippen molar-refractivity contribution in [1.82, 2.24) is 4.98 Å². The largest absolute Gasteiger partial charge is 0.473 e. The van der Waals surface area contributed by atoms with Gasteiger partial charge in [-0.1, -0.05) is 15.9 Å². The number of aromatic nitrogens is 1. The zero-order chi connectivity index (χ0) is 16.4. The Labute approximate surface area is 140 Å². The second kappa shape index (κ2) is 9.97. The number of carboxylic acids is 2. The van der Waals surface area contributed by atoms with Crippen LogP contribution in [-0.4, -0.2) is 32.9 Å². The third kappa shape index (κ3) is 7.80. The first-order valence-electron chi connectivity index (χ1n) is 6.22. The van der Waals surface area contributed by atoms with Crippen LogP contribution in [-0.2, 0) is 16.0 Å². The smallest absolute Gasteiger partial charge is 0.414 e. The lowest BCUT2D eigenvalue weighted by atomic mass is 10.2. The van der Waals surface area contributed by atoms with Gasteiger partial charge >= 0.3 is 11.9 Å². The Hall–Kier alpha value is -1.86. The molecule has 0 amide bonds. The molecule has 0 aliphatic carbocycles. The average molecular weight is 384 g/mol. The second-order valence-electron chi connectivity index (χ2n) is 4.02. The van der Waals surface area contributed by atoms with Crippen LogP contribution in [0.1, 0.15) is 5.56 Å². The lowest BCUT2D eigenvalue weighted by molar-refractivity contribution is -0.159. The summed E-state index contributed by atoms with van der Waals surface area (Å²) >= 11 is 5.32. The summed E-state index contributed by atoms with van der Waals surface area (Å²) in [4.78, 5) is 23.5. The predicted molar refractivity (Wildman–Crippen MR) is 88.1 cm³/mol. The van der Waals surface area contributed by atoms with Gasteiger partial charge in [0.1, 0.15) is 0 Å². The molecule has 2 rings (SSSR count). The summed E-state index contributed by atoms with van der Waals surface area (Å²) in [5.41, 5.74) is 1.35. The van der Waals surface area contributed by atoms with Crippen molar-refractivity contribution in [3.8, 4) is 0 Å². The van der Waals surface area contributed by atoms with Crippen molar-refractivity contribution in [2.45, 2.75) is 11.3 Å². The zero-order valence-corrected chi connectivity index (χ0v) is 13.9. The molecule has 0 atom stereocenters. The van der Waals surface area contributed by atoms with Crippen LogP contribution in [0, 0.1) is 0 Å². The molecule has 0 bridgehead atoms. The van der Waals surface area contributed by atoms with Gasteiger partial charge in [-0.2, -0.15) is 0 Å². The van der Waals surface area contributed by atoms with E-state index in [1.54, 1.807) is 0 Å². The topological polar surface area (TPSA) is 87.5 Å². The summed E-state index contributed by atoms with van der Waals surface area (Å²) in [6.07, 6.45) is 4.78. The van der Waals surface area contributed by atoms with Crippen molar-refractivity contribution in [2.75, 3.05) is 5.75 Å². The van der Waals surface area contributed by atoms with Gasteiger partial charge in [0.05, 0.1) is 0 Å². The van der Waals surface area contributed by atoms with E-state index in [2.05, 4.69) is 57.3 Å². The van der Waals surface area contributed by atoms with E-state index in [1.165, 1.54) is 10.5 Å². The van der Waals surface area contributed by atoms with Crippen LogP contribution in [0.15, 0.2) is 58.2 Å². The van der Waals surface area contributed by atoms with E-state index in [1.807, 2.05) is 24.2 Å². The third-order valence-electron chi connectivity index (χ3n) is 2.41. The number of halogens is 1. The van der Waals surface area contributed by atoms with E-state index in [0.717, 1.165) is 16.6 Å². The molecule has 1 aromatic heterocycles. The fourth-order valence-corrected chi connectivity index (χ4v) is 2.53. The third-order valence-corrected chi connectivity index (χ3v) is 3.95. The molecule has 7 heteroatoms. The Morgan fingerprint density at radius 1 is 1.00 bits per heavy atom. The van der Waals surface area contributed by atoms with Crippen LogP contribution in [0.2, 0.25) is 0 Å². The predicted octanol–water partition coefficient (Wildman–Crippen LogP) is 3.33. The maximum atomic E-state index is 9.10. The molecule has 0 radical (unpaired) electrons. The van der Waals surface area contributed by atoms with Gasteiger partial charge in [0.15, 0.2) is 0 Å². The number of benzene rings is 1. The summed E-state index contributed by atoms with van der Waals surface area (Å²) in [6.45, 7) is 0. The van der Waals surface area contributed by atoms with E-state index in [4.69, 9.17) is 19.8 Å². The number of aryl methyl sites for hydroxylation is 1. The molecule has 0 unspecified atom stereocenters. The molecular weight excluding hydrogens is 370 g/mol. The van der Waals surface area contributed by atoms with E-state index in [9.17, 15) is 0 Å². The first-order valence-corrected chi connectivity index (χ1v) is 8.00. The van der Waals surface area contributed by atoms with Crippen molar-refractivity contribution in [2.24, 2.45) is 0 Å². The number of thioether (sulfide) groups is 1. The molecule has 0 aliphatic heterocycles. The zero-order valence-electron chi connectivity index (χ0n) is 11.5. The van der Waals surface area contributed by atoms with Gasteiger partial charge in [0.2, 0.25) is 0 Å². The van der Waals surface area contributed by atoms with Crippen molar-refractivity contribution in [3.05, 3.63) is 58.8 Å². The summed E-state index contributed by atoms with van der Waals surface area (Å²) < 4.78 is 1.13. The number of pyridine rings is 1. The monoisotopic (exact) mass is 383 g/mol. The highest BCUT2D eigenvalue weighted by atomic mass is 79.9. The van der Waals surface area contributed by atoms with Gasteiger partial charge in [0, 0.05) is 27.5 Å². The fourth-order valence-electron chi connectivity index (χ4n) is 1.37. The summed E-state index contributed by atoms with van der Waals surface area (Å²) in [5.74, 6) is -2.55. The van der Waals surface area contributed by atoms with E-state index >= 15 is 0 Å². The average Bonchev–Trinajstić information content (AvgIpc) is 2.51. The van der Waals surface area contributed by atoms with Gasteiger partial charge in [-0.25, -0.2) is 9.59 Å². The van der Waals surface area contributed by atoms with Crippen molar-refractivity contribution >= 4 is 39.6 Å². The number of hydrogen-bond acceptors (Lipinski definition) is 4. The maximum absolute atomic E-state index is 9.10. The first kappa shape index (κ1) is 18.2.